The topological polar surface area (TPSA) is 104 Å². The van der Waals surface area contributed by atoms with Crippen molar-refractivity contribution in [2.45, 2.75) is 65.6 Å². The minimum atomic E-state index is -0.656. The van der Waals surface area contributed by atoms with E-state index in [4.69, 9.17) is 10.7 Å². The number of aryl methyl sites for hydroxylation is 1. The van der Waals surface area contributed by atoms with Gasteiger partial charge in [-0.1, -0.05) is 19.9 Å². The Bertz CT molecular complexity index is 1260. The molecule has 0 aliphatic carbocycles. The molecule has 2 aromatic heterocycles. The van der Waals surface area contributed by atoms with Gasteiger partial charge < -0.3 is 16.0 Å². The van der Waals surface area contributed by atoms with E-state index in [2.05, 4.69) is 61.2 Å². The van der Waals surface area contributed by atoms with Gasteiger partial charge in [0, 0.05) is 12.6 Å². The molecule has 1 aliphatic heterocycles. The molecule has 8 nitrogen and oxygen atoms in total. The molecule has 2 amide bonds. The third-order valence-corrected chi connectivity index (χ3v) is 8.04. The first-order valence-corrected chi connectivity index (χ1v) is 13.4. The van der Waals surface area contributed by atoms with Gasteiger partial charge in [-0.15, -0.1) is 11.3 Å². The first-order valence-electron chi connectivity index (χ1n) is 12.6. The van der Waals surface area contributed by atoms with Crippen molar-refractivity contribution in [3.05, 3.63) is 46.6 Å². The lowest BCUT2D eigenvalue weighted by Crippen LogP contribution is -2.46. The first-order chi connectivity index (χ1) is 17.2. The Balaban J connectivity index is 1.55. The van der Waals surface area contributed by atoms with E-state index in [1.54, 1.807) is 22.3 Å². The van der Waals surface area contributed by atoms with Crippen molar-refractivity contribution >= 4 is 44.9 Å². The number of piperidine rings is 1. The number of likely N-dealkylation sites (tertiary alicyclic amines) is 1. The smallest absolute Gasteiger partial charge is 0.313 e. The number of pyridine rings is 1. The van der Waals surface area contributed by atoms with Crippen molar-refractivity contribution in [2.75, 3.05) is 24.6 Å². The lowest BCUT2D eigenvalue weighted by Gasteiger charge is -2.38. The quantitative estimate of drug-likeness (QED) is 0.471. The number of carbonyl (C=O) groups excluding carboxylic acids is 2. The summed E-state index contributed by atoms with van der Waals surface area (Å²) in [6.45, 7) is 9.77. The zero-order valence-electron chi connectivity index (χ0n) is 21.7. The van der Waals surface area contributed by atoms with Gasteiger partial charge in [0.1, 0.15) is 10.8 Å². The standard InChI is InChI=1S/C27H36N6O2S/c1-6-18-11-20(13-29-25(18)28)30-26(34)27(35)33-14-17(4)7-9-22(33)19-8-10-23-21(12-19)31-24(36-23)15-32(5)16(2)3/h8,10-13,16-17,22H,6-7,9,14-15H2,1-5H3,(H2,28,29)(H,30,34)/t17-,22+/m0/s1. The van der Waals surface area contributed by atoms with Crippen molar-refractivity contribution in [1.82, 2.24) is 19.8 Å². The predicted octanol–water partition coefficient (Wildman–Crippen LogP) is 4.61. The highest BCUT2D eigenvalue weighted by atomic mass is 32.1. The second-order valence-corrected chi connectivity index (χ2v) is 11.2. The van der Waals surface area contributed by atoms with Gasteiger partial charge in [-0.25, -0.2) is 9.97 Å². The number of thiazole rings is 1. The van der Waals surface area contributed by atoms with Gasteiger partial charge in [-0.3, -0.25) is 14.5 Å². The van der Waals surface area contributed by atoms with Gasteiger partial charge in [-0.05, 0) is 75.4 Å². The van der Waals surface area contributed by atoms with E-state index in [0.717, 1.165) is 45.7 Å². The zero-order valence-corrected chi connectivity index (χ0v) is 22.6. The normalized spacial score (nSPS) is 18.2. The second kappa shape index (κ2) is 10.9. The SMILES string of the molecule is CCc1cc(NC(=O)C(=O)N2C[C@@H](C)CC[C@@H]2c2ccc3sc(CN(C)C(C)C)nc3c2)cnc1N. The van der Waals surface area contributed by atoms with Crippen molar-refractivity contribution in [3.63, 3.8) is 0 Å². The monoisotopic (exact) mass is 508 g/mol. The fourth-order valence-electron chi connectivity index (χ4n) is 4.57. The summed E-state index contributed by atoms with van der Waals surface area (Å²) < 4.78 is 1.13. The van der Waals surface area contributed by atoms with Crippen LogP contribution in [-0.4, -0.2) is 51.2 Å². The molecule has 0 radical (unpaired) electrons. The fourth-order valence-corrected chi connectivity index (χ4v) is 5.59. The van der Waals surface area contributed by atoms with Gasteiger partial charge in [0.15, 0.2) is 0 Å². The summed E-state index contributed by atoms with van der Waals surface area (Å²) in [6.07, 6.45) is 3.98. The van der Waals surface area contributed by atoms with Gasteiger partial charge >= 0.3 is 11.8 Å². The van der Waals surface area contributed by atoms with E-state index >= 15 is 0 Å². The van der Waals surface area contributed by atoms with Crippen molar-refractivity contribution in [3.8, 4) is 0 Å². The molecule has 0 unspecified atom stereocenters. The Morgan fingerprint density at radius 3 is 2.78 bits per heavy atom. The highest BCUT2D eigenvalue weighted by Gasteiger charge is 2.34. The third kappa shape index (κ3) is 5.68. The molecule has 0 saturated carbocycles. The molecule has 1 fully saturated rings. The third-order valence-electron chi connectivity index (χ3n) is 7.02. The molecule has 1 saturated heterocycles. The van der Waals surface area contributed by atoms with Crippen LogP contribution < -0.4 is 11.1 Å². The highest BCUT2D eigenvalue weighted by molar-refractivity contribution is 7.18. The maximum Gasteiger partial charge on any atom is 0.313 e. The van der Waals surface area contributed by atoms with Crippen molar-refractivity contribution < 1.29 is 9.59 Å². The van der Waals surface area contributed by atoms with Crippen LogP contribution in [0.4, 0.5) is 11.5 Å². The van der Waals surface area contributed by atoms with Crippen LogP contribution in [-0.2, 0) is 22.6 Å². The van der Waals surface area contributed by atoms with Crippen molar-refractivity contribution in [2.24, 2.45) is 5.92 Å². The highest BCUT2D eigenvalue weighted by Crippen LogP contribution is 2.36. The molecule has 192 valence electrons. The number of rotatable bonds is 6. The van der Waals surface area contributed by atoms with Gasteiger partial charge in [-0.2, -0.15) is 0 Å². The van der Waals surface area contributed by atoms with Crippen LogP contribution in [0.5, 0.6) is 0 Å². The summed E-state index contributed by atoms with van der Waals surface area (Å²) in [5.41, 5.74) is 9.15. The molecular weight excluding hydrogens is 472 g/mol. The van der Waals surface area contributed by atoms with Gasteiger partial charge in [0.25, 0.3) is 0 Å². The summed E-state index contributed by atoms with van der Waals surface area (Å²) in [5.74, 6) is -0.428. The summed E-state index contributed by atoms with van der Waals surface area (Å²) in [5, 5.41) is 3.80. The number of nitrogens with zero attached hydrogens (tertiary/aromatic N) is 4. The number of nitrogens with two attached hydrogens (primary N) is 1. The summed E-state index contributed by atoms with van der Waals surface area (Å²) in [7, 11) is 2.10. The Hall–Kier alpha value is -3.04. The fraction of sp³-hybridized carbons (Fsp3) is 0.481. The van der Waals surface area contributed by atoms with E-state index in [0.29, 0.717) is 36.4 Å². The molecule has 1 aliphatic rings. The molecule has 3 aromatic rings. The Labute approximate surface area is 216 Å². The zero-order chi connectivity index (χ0) is 26.0. The van der Waals surface area contributed by atoms with Crippen LogP contribution in [0.25, 0.3) is 10.2 Å². The maximum absolute atomic E-state index is 13.4. The molecule has 9 heteroatoms. The number of hydrogen-bond acceptors (Lipinski definition) is 7. The van der Waals surface area contributed by atoms with Gasteiger partial charge in [0.05, 0.1) is 34.7 Å². The number of fused-ring (bicyclic) bond motifs is 1. The number of anilines is 2. The van der Waals surface area contributed by atoms with Crippen molar-refractivity contribution in [1.29, 1.82) is 0 Å². The lowest BCUT2D eigenvalue weighted by molar-refractivity contribution is -0.146. The van der Waals surface area contributed by atoms with Crippen LogP contribution in [0.2, 0.25) is 0 Å². The number of nitrogen functional groups attached to an aromatic ring is 1. The first kappa shape index (κ1) is 26.0. The molecule has 0 bridgehead atoms. The van der Waals surface area contributed by atoms with E-state index in [1.807, 2.05) is 6.92 Å². The largest absolute Gasteiger partial charge is 0.383 e. The van der Waals surface area contributed by atoms with E-state index in [1.165, 1.54) is 6.20 Å². The van der Waals surface area contributed by atoms with E-state index in [9.17, 15) is 9.59 Å². The molecule has 4 rings (SSSR count). The average molecular weight is 509 g/mol. The summed E-state index contributed by atoms with van der Waals surface area (Å²) >= 11 is 1.70. The number of nitrogens with one attached hydrogen (secondary N) is 1. The van der Waals surface area contributed by atoms with Crippen LogP contribution in [0.1, 0.15) is 62.7 Å². The lowest BCUT2D eigenvalue weighted by atomic mass is 9.89. The minimum Gasteiger partial charge on any atom is -0.383 e. The second-order valence-electron chi connectivity index (χ2n) is 10.1. The molecule has 3 N–H and O–H groups in total. The van der Waals surface area contributed by atoms with E-state index in [-0.39, 0.29) is 6.04 Å². The number of amides is 2. The van der Waals surface area contributed by atoms with Crippen LogP contribution in [0.3, 0.4) is 0 Å². The Kier molecular flexibility index (Phi) is 7.90. The minimum absolute atomic E-state index is 0.164. The summed E-state index contributed by atoms with van der Waals surface area (Å²) in [4.78, 5) is 39.3. The average Bonchev–Trinajstić information content (AvgIpc) is 3.25. The number of carbonyl (C=O) groups is 2. The molecule has 1 aromatic carbocycles. The molecular formula is C27H36N6O2S. The Morgan fingerprint density at radius 2 is 2.06 bits per heavy atom. The maximum atomic E-state index is 13.4. The summed E-state index contributed by atoms with van der Waals surface area (Å²) in [6, 6.07) is 8.30. The molecule has 36 heavy (non-hydrogen) atoms. The number of aromatic nitrogens is 2. The van der Waals surface area contributed by atoms with Gasteiger partial charge in [0.2, 0.25) is 0 Å². The number of hydrogen-bond donors (Lipinski definition) is 2. The predicted molar refractivity (Wildman–Crippen MR) is 146 cm³/mol. The van der Waals surface area contributed by atoms with E-state index < -0.39 is 11.8 Å². The van der Waals surface area contributed by atoms with Crippen LogP contribution in [0, 0.1) is 5.92 Å². The molecule has 2 atom stereocenters. The molecule has 3 heterocycles. The molecule has 0 spiro atoms. The van der Waals surface area contributed by atoms with Crippen LogP contribution >= 0.6 is 11.3 Å². The number of benzene rings is 1. The Morgan fingerprint density at radius 1 is 1.28 bits per heavy atom. The van der Waals surface area contributed by atoms with Crippen LogP contribution in [0.15, 0.2) is 30.5 Å².